The minimum atomic E-state index is -3.79. The zero-order valence-corrected chi connectivity index (χ0v) is 53.0. The molecule has 6 atom stereocenters. The van der Waals surface area contributed by atoms with Crippen molar-refractivity contribution in [3.63, 3.8) is 0 Å². The van der Waals surface area contributed by atoms with Crippen molar-refractivity contribution in [2.75, 3.05) is 113 Å². The first kappa shape index (κ1) is 65.9. The second-order valence-electron chi connectivity index (χ2n) is 23.5. The fraction of sp³-hybridized carbons (Fsp3) is 0.565. The molecule has 0 spiro atoms. The zero-order chi connectivity index (χ0) is 61.0. The molecule has 4 aromatic rings. The molecule has 4 aliphatic rings. The smallest absolute Gasteiger partial charge is 0.314 e. The van der Waals surface area contributed by atoms with Gasteiger partial charge < -0.3 is 49.4 Å². The minimum absolute atomic E-state index is 0.00244. The third kappa shape index (κ3) is 17.8. The Morgan fingerprint density at radius 2 is 1.27 bits per heavy atom. The van der Waals surface area contributed by atoms with Gasteiger partial charge in [-0.15, -0.1) is 0 Å². The Labute approximate surface area is 512 Å². The van der Waals surface area contributed by atoms with E-state index in [2.05, 4.69) is 39.8 Å². The van der Waals surface area contributed by atoms with Crippen molar-refractivity contribution < 1.29 is 50.5 Å². The standard InChI is InChI=1S/C62H84Cl2N8O11S2/c1-41-30-48(14-16-58(41)82-60-52-32-44(63)34-54(65-3)50(52)36-55(60)69(4)5)84(76,77)40-43-18-22-71(38-43)24-29-81-27-21-67-62(75)66-20-10-8-9-12-47(73)13-11-26-80-28-25-72-23-19-46(39-72)68-85(78,79)49-15-17-59(42(2)31-49)83-61-53-33-45(64)35-57(74)51(53)37-56(61)70(6)7/h14-17,30-35,43,46,55-56,60-61,68,74H,8-13,18-29,36-40H2,1-2,4-7H3,(H2,66,67,75)/t43-,46-,55-,56-,60-,61-/m0/s1. The summed E-state index contributed by atoms with van der Waals surface area (Å²) in [6.45, 7) is 18.1. The Kier molecular flexibility index (Phi) is 23.4. The molecule has 19 nitrogen and oxygen atoms in total. The third-order valence-electron chi connectivity index (χ3n) is 16.7. The van der Waals surface area contributed by atoms with Crippen LogP contribution in [0.25, 0.3) is 4.85 Å². The lowest BCUT2D eigenvalue weighted by Gasteiger charge is -2.28. The lowest BCUT2D eigenvalue weighted by molar-refractivity contribution is -0.119. The Morgan fingerprint density at radius 1 is 0.694 bits per heavy atom. The molecule has 2 aliphatic carbocycles. The van der Waals surface area contributed by atoms with Gasteiger partial charge in [-0.3, -0.25) is 9.69 Å². The number of hydrogen-bond acceptors (Lipinski definition) is 15. The van der Waals surface area contributed by atoms with Gasteiger partial charge in [-0.25, -0.2) is 31.2 Å². The summed E-state index contributed by atoms with van der Waals surface area (Å²) in [5, 5.41) is 17.1. The number of ether oxygens (including phenoxy) is 4. The van der Waals surface area contributed by atoms with Crippen molar-refractivity contribution in [1.82, 2.24) is 35.0 Å². The summed E-state index contributed by atoms with van der Waals surface area (Å²) in [6.07, 6.45) is 5.84. The molecule has 0 aromatic heterocycles. The van der Waals surface area contributed by atoms with Crippen LogP contribution in [0.15, 0.2) is 70.5 Å². The predicted octanol–water partition coefficient (Wildman–Crippen LogP) is 8.47. The number of carbonyl (C=O) groups is 2. The van der Waals surface area contributed by atoms with E-state index in [-0.39, 0.29) is 63.3 Å². The number of ketones is 1. The number of nitrogens with one attached hydrogen (secondary N) is 3. The van der Waals surface area contributed by atoms with Crippen LogP contribution in [0.2, 0.25) is 10.0 Å². The molecule has 2 saturated heterocycles. The second-order valence-corrected chi connectivity index (χ2v) is 28.1. The molecule has 2 aliphatic heterocycles. The van der Waals surface area contributed by atoms with E-state index in [0.29, 0.717) is 137 Å². The number of sulfonamides is 1. The van der Waals surface area contributed by atoms with Crippen molar-refractivity contribution in [3.8, 4) is 17.2 Å². The molecular formula is C62H84Cl2N8O11S2. The van der Waals surface area contributed by atoms with Crippen molar-refractivity contribution in [1.29, 1.82) is 0 Å². The van der Waals surface area contributed by atoms with Gasteiger partial charge in [-0.1, -0.05) is 29.6 Å². The SMILES string of the molecule is [C-]#[N+]c1cc(Cl)cc2c1C[C@H](N(C)C)[C@H]2Oc1ccc(S(=O)(=O)C[C@H]2CCN(CCOCCNC(=O)NCCCCCC(=O)CCCOCCN3CC[C@H](NS(=O)(=O)c4ccc(O[C@H]5c6cc(Cl)cc(O)c6C[C@@H]5N(C)C)c(C)c4)C3)C2)cc1C. The number of phenols is 1. The number of phenolic OH excluding ortho intramolecular Hbond substituents is 1. The normalized spacial score (nSPS) is 20.7. The summed E-state index contributed by atoms with van der Waals surface area (Å²) in [7, 11) is 0.527. The highest BCUT2D eigenvalue weighted by Gasteiger charge is 2.40. The number of likely N-dealkylation sites (N-methyl/N-ethyl adjacent to an activating group) is 2. The van der Waals surface area contributed by atoms with Crippen molar-refractivity contribution >= 4 is 60.6 Å². The average molecular weight is 1250 g/mol. The quantitative estimate of drug-likeness (QED) is 0.0275. The van der Waals surface area contributed by atoms with Gasteiger partial charge in [0, 0.05) is 85.9 Å². The highest BCUT2D eigenvalue weighted by Crippen LogP contribution is 2.45. The maximum Gasteiger partial charge on any atom is 0.314 e. The number of fused-ring (bicyclic) bond motifs is 2. The van der Waals surface area contributed by atoms with Crippen LogP contribution in [0.3, 0.4) is 0 Å². The predicted molar refractivity (Wildman–Crippen MR) is 330 cm³/mol. The largest absolute Gasteiger partial charge is 0.508 e. The number of amides is 2. The molecule has 0 bridgehead atoms. The summed E-state index contributed by atoms with van der Waals surface area (Å²) in [5.41, 5.74) is 5.36. The average Bonchev–Trinajstić information content (AvgIpc) is 1.89. The second kappa shape index (κ2) is 30.2. The maximum absolute atomic E-state index is 13.6. The van der Waals surface area contributed by atoms with Crippen molar-refractivity contribution in [3.05, 3.63) is 116 Å². The Morgan fingerprint density at radius 3 is 1.93 bits per heavy atom. The number of sulfone groups is 1. The molecular weight excluding hydrogens is 1170 g/mol. The summed E-state index contributed by atoms with van der Waals surface area (Å²) < 4.78 is 81.8. The molecule has 2 fully saturated rings. The number of aromatic hydroxyl groups is 1. The first-order valence-electron chi connectivity index (χ1n) is 29.6. The molecule has 4 N–H and O–H groups in total. The van der Waals surface area contributed by atoms with Crippen LogP contribution >= 0.6 is 23.2 Å². The number of carbonyl (C=O) groups excluding carboxylic acids is 2. The molecule has 85 heavy (non-hydrogen) atoms. The summed E-state index contributed by atoms with van der Waals surface area (Å²) in [6, 6.07) is 16.3. The van der Waals surface area contributed by atoms with Crippen LogP contribution < -0.4 is 24.8 Å². The van der Waals surface area contributed by atoms with Gasteiger partial charge in [0.15, 0.2) is 15.5 Å². The van der Waals surface area contributed by atoms with Gasteiger partial charge in [0.25, 0.3) is 0 Å². The summed E-state index contributed by atoms with van der Waals surface area (Å²) in [5.74, 6) is 1.53. The summed E-state index contributed by atoms with van der Waals surface area (Å²) in [4.78, 5) is 37.5. The van der Waals surface area contributed by atoms with E-state index in [1.165, 1.54) is 6.07 Å². The zero-order valence-electron chi connectivity index (χ0n) is 49.8. The molecule has 23 heteroatoms. The number of unbranched alkanes of at least 4 members (excludes halogenated alkanes) is 2. The number of nitrogens with zero attached hydrogens (tertiary/aromatic N) is 5. The maximum atomic E-state index is 13.6. The van der Waals surface area contributed by atoms with E-state index in [0.717, 1.165) is 66.6 Å². The number of rotatable bonds is 31. The van der Waals surface area contributed by atoms with E-state index >= 15 is 0 Å². The topological polar surface area (TPSA) is 213 Å². The monoisotopic (exact) mass is 1250 g/mol. The molecule has 464 valence electrons. The number of aryl methyl sites for hydroxylation is 2. The molecule has 2 heterocycles. The number of benzene rings is 4. The lowest BCUT2D eigenvalue weighted by Crippen LogP contribution is -2.38. The lowest BCUT2D eigenvalue weighted by atomic mass is 10.1. The van der Waals surface area contributed by atoms with Gasteiger partial charge in [0.1, 0.15) is 35.2 Å². The minimum Gasteiger partial charge on any atom is -0.508 e. The molecule has 0 radical (unpaired) electrons. The Hall–Kier alpha value is -5.09. The molecule has 8 rings (SSSR count). The Balaban J connectivity index is 0.610. The third-order valence-corrected chi connectivity index (χ3v) is 20.6. The van der Waals surface area contributed by atoms with Crippen LogP contribution in [0.1, 0.15) is 97.0 Å². The molecule has 2 amide bonds. The van der Waals surface area contributed by atoms with E-state index in [9.17, 15) is 31.5 Å². The first-order valence-corrected chi connectivity index (χ1v) is 33.5. The van der Waals surface area contributed by atoms with Gasteiger partial charge in [0.05, 0.1) is 54.0 Å². The van der Waals surface area contributed by atoms with E-state index in [1.54, 1.807) is 42.5 Å². The van der Waals surface area contributed by atoms with Crippen LogP contribution in [0.5, 0.6) is 17.2 Å². The van der Waals surface area contributed by atoms with Crippen molar-refractivity contribution in [2.24, 2.45) is 5.92 Å². The van der Waals surface area contributed by atoms with Gasteiger partial charge in [-0.2, -0.15) is 0 Å². The van der Waals surface area contributed by atoms with Gasteiger partial charge >= 0.3 is 6.03 Å². The fourth-order valence-electron chi connectivity index (χ4n) is 12.0. The number of likely N-dealkylation sites (tertiary alicyclic amines) is 2. The number of urea groups is 1. The molecule has 4 aromatic carbocycles. The fourth-order valence-corrected chi connectivity index (χ4v) is 15.5. The van der Waals surface area contributed by atoms with E-state index in [1.807, 2.05) is 54.2 Å². The van der Waals surface area contributed by atoms with Crippen LogP contribution in [0.4, 0.5) is 10.5 Å². The van der Waals surface area contributed by atoms with Crippen LogP contribution in [0, 0.1) is 26.3 Å². The highest BCUT2D eigenvalue weighted by molar-refractivity contribution is 7.91. The van der Waals surface area contributed by atoms with Gasteiger partial charge in [-0.05, 0) is 189 Å². The van der Waals surface area contributed by atoms with Gasteiger partial charge in [0.2, 0.25) is 10.0 Å². The van der Waals surface area contributed by atoms with Crippen LogP contribution in [-0.4, -0.2) is 184 Å². The molecule has 0 unspecified atom stereocenters. The van der Waals surface area contributed by atoms with Crippen molar-refractivity contribution in [2.45, 2.75) is 118 Å². The van der Waals surface area contributed by atoms with E-state index in [4.69, 9.17) is 48.7 Å². The highest BCUT2D eigenvalue weighted by atomic mass is 35.5. The number of hydrogen-bond donors (Lipinski definition) is 4. The Bertz CT molecular complexity index is 3260. The summed E-state index contributed by atoms with van der Waals surface area (Å²) >= 11 is 12.7. The van der Waals surface area contributed by atoms with E-state index < -0.39 is 26.0 Å². The van der Waals surface area contributed by atoms with Crippen LogP contribution in [-0.2, 0) is 47.0 Å². The number of Topliss-reactive ketones (excluding diaryl/α,β-unsaturated/α-hetero) is 1. The first-order chi connectivity index (χ1) is 40.6. The number of halogens is 2. The molecule has 0 saturated carbocycles.